The molecule has 290 valence electrons. The van der Waals surface area contributed by atoms with Crippen molar-refractivity contribution in [3.8, 4) is 67.0 Å². The van der Waals surface area contributed by atoms with Crippen LogP contribution in [0.15, 0.2) is 243 Å². The van der Waals surface area contributed by atoms with E-state index in [0.717, 1.165) is 11.4 Å². The second kappa shape index (κ2) is 14.8. The summed E-state index contributed by atoms with van der Waals surface area (Å²) in [5.74, 6) is 0. The molecule has 62 heavy (non-hydrogen) atoms. The molecule has 0 radical (unpaired) electrons. The van der Waals surface area contributed by atoms with Gasteiger partial charge in [-0.1, -0.05) is 182 Å². The maximum atomic E-state index is 2.47. The number of para-hydroxylation sites is 2. The Hall–Kier alpha value is -8.20. The molecule has 0 spiro atoms. The maximum absolute atomic E-state index is 2.47. The van der Waals surface area contributed by atoms with Crippen LogP contribution < -0.4 is 0 Å². The van der Waals surface area contributed by atoms with Crippen LogP contribution in [0, 0.1) is 0 Å². The molecule has 0 aliphatic carbocycles. The summed E-state index contributed by atoms with van der Waals surface area (Å²) in [6.45, 7) is 0. The fourth-order valence-electron chi connectivity index (χ4n) is 9.54. The quantitative estimate of drug-likeness (QED) is 0.152. The zero-order valence-corrected chi connectivity index (χ0v) is 34.0. The standard InChI is InChI=1S/C60H40N2/c1-4-14-41(15-5-1)44-26-32-50(33-27-44)61-57-25-11-10-22-53(57)55-39-47(30-36-58(55)61)48-31-37-59-56(40-48)54-24-13-23-52(49-21-12-20-46(38-49)43-18-8-3-9-19-43)60(54)62(59)51-34-28-45(29-35-51)42-16-6-2-7-17-42/h1-40H. The van der Waals surface area contributed by atoms with E-state index < -0.39 is 0 Å². The molecule has 0 fully saturated rings. The Morgan fingerprint density at radius 1 is 0.210 bits per heavy atom. The highest BCUT2D eigenvalue weighted by Gasteiger charge is 2.19. The van der Waals surface area contributed by atoms with Crippen molar-refractivity contribution in [2.45, 2.75) is 0 Å². The third-order valence-corrected chi connectivity index (χ3v) is 12.5. The van der Waals surface area contributed by atoms with Crippen LogP contribution in [-0.4, -0.2) is 9.13 Å². The lowest BCUT2D eigenvalue weighted by atomic mass is 9.97. The minimum atomic E-state index is 1.13. The van der Waals surface area contributed by atoms with Crippen LogP contribution in [0.25, 0.3) is 111 Å². The summed E-state index contributed by atoms with van der Waals surface area (Å²) >= 11 is 0. The number of aromatic nitrogens is 2. The van der Waals surface area contributed by atoms with Gasteiger partial charge in [-0.05, 0) is 111 Å². The summed E-state index contributed by atoms with van der Waals surface area (Å²) in [4.78, 5) is 0. The average Bonchev–Trinajstić information content (AvgIpc) is 3.87. The van der Waals surface area contributed by atoms with Gasteiger partial charge in [-0.3, -0.25) is 0 Å². The lowest BCUT2D eigenvalue weighted by molar-refractivity contribution is 1.18. The molecule has 2 nitrogen and oxygen atoms in total. The average molecular weight is 789 g/mol. The first-order valence-corrected chi connectivity index (χ1v) is 21.3. The van der Waals surface area contributed by atoms with Gasteiger partial charge in [0.1, 0.15) is 0 Å². The van der Waals surface area contributed by atoms with Gasteiger partial charge >= 0.3 is 0 Å². The first kappa shape index (κ1) is 35.7. The summed E-state index contributed by atoms with van der Waals surface area (Å²) < 4.78 is 4.87. The third-order valence-electron chi connectivity index (χ3n) is 12.5. The molecule has 2 aromatic heterocycles. The summed E-state index contributed by atoms with van der Waals surface area (Å²) in [5, 5.41) is 4.95. The lowest BCUT2D eigenvalue weighted by Gasteiger charge is -2.13. The van der Waals surface area contributed by atoms with Crippen LogP contribution in [0.3, 0.4) is 0 Å². The number of rotatable bonds is 7. The van der Waals surface area contributed by atoms with Crippen LogP contribution in [0.1, 0.15) is 0 Å². The van der Waals surface area contributed by atoms with Crippen molar-refractivity contribution >= 4 is 43.6 Å². The van der Waals surface area contributed by atoms with Gasteiger partial charge < -0.3 is 9.13 Å². The lowest BCUT2D eigenvalue weighted by Crippen LogP contribution is -1.96. The molecule has 12 rings (SSSR count). The second-order valence-electron chi connectivity index (χ2n) is 16.1. The smallest absolute Gasteiger partial charge is 0.0619 e. The van der Waals surface area contributed by atoms with Crippen LogP contribution in [-0.2, 0) is 0 Å². The van der Waals surface area contributed by atoms with Crippen LogP contribution >= 0.6 is 0 Å². The van der Waals surface area contributed by atoms with Gasteiger partial charge in [0.15, 0.2) is 0 Å². The molecule has 0 bridgehead atoms. The Balaban J connectivity index is 1.02. The molecule has 0 aliphatic heterocycles. The summed E-state index contributed by atoms with van der Waals surface area (Å²) in [6, 6.07) is 88.4. The van der Waals surface area contributed by atoms with E-state index in [1.165, 1.54) is 99.2 Å². The molecular weight excluding hydrogens is 749 g/mol. The molecule has 0 aliphatic rings. The van der Waals surface area contributed by atoms with Gasteiger partial charge in [0.25, 0.3) is 0 Å². The van der Waals surface area contributed by atoms with Gasteiger partial charge in [-0.15, -0.1) is 0 Å². The molecular formula is C60H40N2. The van der Waals surface area contributed by atoms with Crippen molar-refractivity contribution < 1.29 is 0 Å². The summed E-state index contributed by atoms with van der Waals surface area (Å²) in [6.07, 6.45) is 0. The molecule has 0 N–H and O–H groups in total. The molecule has 0 saturated carbocycles. The van der Waals surface area contributed by atoms with Crippen molar-refractivity contribution in [1.82, 2.24) is 9.13 Å². The molecule has 0 amide bonds. The van der Waals surface area contributed by atoms with Gasteiger partial charge in [0.05, 0.1) is 22.1 Å². The monoisotopic (exact) mass is 788 g/mol. The van der Waals surface area contributed by atoms with E-state index in [1.54, 1.807) is 0 Å². The Morgan fingerprint density at radius 2 is 0.597 bits per heavy atom. The minimum absolute atomic E-state index is 1.13. The highest BCUT2D eigenvalue weighted by Crippen LogP contribution is 2.42. The van der Waals surface area contributed by atoms with Gasteiger partial charge in [-0.2, -0.15) is 0 Å². The van der Waals surface area contributed by atoms with E-state index in [-0.39, 0.29) is 0 Å². The number of benzene rings is 10. The number of hydrogen-bond donors (Lipinski definition) is 0. The molecule has 12 aromatic rings. The highest BCUT2D eigenvalue weighted by atomic mass is 15.0. The topological polar surface area (TPSA) is 9.86 Å². The summed E-state index contributed by atoms with van der Waals surface area (Å²) in [5.41, 5.74) is 19.1. The zero-order chi connectivity index (χ0) is 41.0. The minimum Gasteiger partial charge on any atom is -0.309 e. The van der Waals surface area contributed by atoms with Crippen molar-refractivity contribution in [3.05, 3.63) is 243 Å². The second-order valence-corrected chi connectivity index (χ2v) is 16.1. The molecule has 10 aromatic carbocycles. The van der Waals surface area contributed by atoms with E-state index in [1.807, 2.05) is 0 Å². The van der Waals surface area contributed by atoms with Crippen molar-refractivity contribution in [2.75, 3.05) is 0 Å². The van der Waals surface area contributed by atoms with Gasteiger partial charge in [0, 0.05) is 38.5 Å². The maximum Gasteiger partial charge on any atom is 0.0619 e. The first-order valence-electron chi connectivity index (χ1n) is 21.3. The van der Waals surface area contributed by atoms with Crippen molar-refractivity contribution in [2.24, 2.45) is 0 Å². The number of nitrogens with zero attached hydrogens (tertiary/aromatic N) is 2. The van der Waals surface area contributed by atoms with Gasteiger partial charge in [-0.25, -0.2) is 0 Å². The fraction of sp³-hybridized carbons (Fsp3) is 0. The van der Waals surface area contributed by atoms with Crippen LogP contribution in [0.2, 0.25) is 0 Å². The molecule has 2 heterocycles. The summed E-state index contributed by atoms with van der Waals surface area (Å²) in [7, 11) is 0. The van der Waals surface area contributed by atoms with E-state index in [4.69, 9.17) is 0 Å². The number of fused-ring (bicyclic) bond motifs is 6. The predicted molar refractivity (Wildman–Crippen MR) is 262 cm³/mol. The SMILES string of the molecule is c1ccc(-c2ccc(-n3c4ccccc4c4cc(-c5ccc6c(c5)c5cccc(-c7cccc(-c8ccccc8)c7)c5n6-c5ccc(-c6ccccc6)cc5)ccc43)cc2)cc1. The highest BCUT2D eigenvalue weighted by molar-refractivity contribution is 6.15. The molecule has 0 unspecified atom stereocenters. The third kappa shape index (κ3) is 6.04. The first-order chi connectivity index (χ1) is 30.7. The largest absolute Gasteiger partial charge is 0.309 e. The molecule has 2 heteroatoms. The molecule has 0 atom stereocenters. The Labute approximate surface area is 360 Å². The Kier molecular flexibility index (Phi) is 8.53. The number of hydrogen-bond acceptors (Lipinski definition) is 0. The van der Waals surface area contributed by atoms with E-state index in [0.29, 0.717) is 0 Å². The normalized spacial score (nSPS) is 11.5. The Bertz CT molecular complexity index is 3580. The van der Waals surface area contributed by atoms with Crippen LogP contribution in [0.5, 0.6) is 0 Å². The van der Waals surface area contributed by atoms with E-state index >= 15 is 0 Å². The molecule has 0 saturated heterocycles. The Morgan fingerprint density at radius 3 is 1.21 bits per heavy atom. The fourth-order valence-corrected chi connectivity index (χ4v) is 9.54. The van der Waals surface area contributed by atoms with E-state index in [9.17, 15) is 0 Å². The van der Waals surface area contributed by atoms with Gasteiger partial charge in [0.2, 0.25) is 0 Å². The van der Waals surface area contributed by atoms with Crippen molar-refractivity contribution in [3.63, 3.8) is 0 Å². The zero-order valence-electron chi connectivity index (χ0n) is 34.0. The van der Waals surface area contributed by atoms with Crippen LogP contribution in [0.4, 0.5) is 0 Å². The van der Waals surface area contributed by atoms with E-state index in [2.05, 4.69) is 252 Å². The predicted octanol–water partition coefficient (Wildman–Crippen LogP) is 16.2. The van der Waals surface area contributed by atoms with Crippen molar-refractivity contribution in [1.29, 1.82) is 0 Å².